The molecule has 1 fully saturated rings. The third-order valence-corrected chi connectivity index (χ3v) is 6.58. The van der Waals surface area contributed by atoms with E-state index in [2.05, 4.69) is 55.3 Å². The van der Waals surface area contributed by atoms with E-state index in [1.54, 1.807) is 12.3 Å². The molecule has 1 aromatic carbocycles. The third-order valence-electron chi connectivity index (χ3n) is 6.58. The van der Waals surface area contributed by atoms with Crippen LogP contribution >= 0.6 is 0 Å². The second-order valence-electron chi connectivity index (χ2n) is 9.76. The van der Waals surface area contributed by atoms with Crippen molar-refractivity contribution in [3.8, 4) is 0 Å². The average molecular weight is 383 g/mol. The lowest BCUT2D eigenvalue weighted by atomic mass is 9.73. The van der Waals surface area contributed by atoms with Crippen LogP contribution in [0.2, 0.25) is 0 Å². The summed E-state index contributed by atoms with van der Waals surface area (Å²) in [6, 6.07) is 10.5. The van der Waals surface area contributed by atoms with Crippen LogP contribution in [0.3, 0.4) is 0 Å². The SMILES string of the molecule is CC(C)(C)CCN1CCC2(CC1)C[C@H](NC(=O)c1ccoc1)c1ccccc12.[HH]. The number of rotatable bonds is 4. The normalized spacial score (nSPS) is 21.6. The number of fused-ring (bicyclic) bond motifs is 2. The van der Waals surface area contributed by atoms with Crippen LogP contribution in [-0.4, -0.2) is 30.4 Å². The first kappa shape index (κ1) is 19.3. The first-order chi connectivity index (χ1) is 13.4. The Hall–Kier alpha value is -2.07. The highest BCUT2D eigenvalue weighted by atomic mass is 16.3. The lowest BCUT2D eigenvalue weighted by Gasteiger charge is -2.41. The van der Waals surface area contributed by atoms with Gasteiger partial charge in [-0.1, -0.05) is 45.0 Å². The third kappa shape index (κ3) is 3.88. The number of piperidine rings is 1. The molecular weight excluding hydrogens is 348 g/mol. The average Bonchev–Trinajstić information content (AvgIpc) is 3.29. The minimum absolute atomic E-state index is 0. The quantitative estimate of drug-likeness (QED) is 0.793. The van der Waals surface area contributed by atoms with E-state index in [9.17, 15) is 4.79 Å². The van der Waals surface area contributed by atoms with Crippen molar-refractivity contribution in [2.24, 2.45) is 5.41 Å². The molecule has 2 heterocycles. The van der Waals surface area contributed by atoms with Gasteiger partial charge in [0.2, 0.25) is 0 Å². The largest absolute Gasteiger partial charge is 0.472 e. The fraction of sp³-hybridized carbons (Fsp3) is 0.542. The van der Waals surface area contributed by atoms with Crippen LogP contribution in [0, 0.1) is 5.41 Å². The Labute approximate surface area is 169 Å². The fourth-order valence-corrected chi connectivity index (χ4v) is 4.83. The van der Waals surface area contributed by atoms with E-state index in [-0.39, 0.29) is 18.8 Å². The molecule has 1 aliphatic heterocycles. The first-order valence-corrected chi connectivity index (χ1v) is 10.5. The van der Waals surface area contributed by atoms with Gasteiger partial charge in [-0.2, -0.15) is 0 Å². The number of hydrogen-bond donors (Lipinski definition) is 1. The first-order valence-electron chi connectivity index (χ1n) is 10.5. The van der Waals surface area contributed by atoms with Gasteiger partial charge in [-0.3, -0.25) is 4.79 Å². The zero-order chi connectivity index (χ0) is 19.8. The molecule has 1 N–H and O–H groups in total. The number of nitrogens with zero attached hydrogens (tertiary/aromatic N) is 1. The van der Waals surface area contributed by atoms with Crippen LogP contribution in [0.5, 0.6) is 0 Å². The minimum atomic E-state index is -0.0479. The van der Waals surface area contributed by atoms with Crippen LogP contribution in [0.4, 0.5) is 0 Å². The van der Waals surface area contributed by atoms with Gasteiger partial charge in [-0.15, -0.1) is 0 Å². The Kier molecular flexibility index (Phi) is 5.09. The van der Waals surface area contributed by atoms with Crippen molar-refractivity contribution in [3.05, 3.63) is 59.5 Å². The molecule has 0 bridgehead atoms. The Bertz CT molecular complexity index is 818. The van der Waals surface area contributed by atoms with E-state index < -0.39 is 0 Å². The molecule has 0 radical (unpaired) electrons. The number of carbonyl (C=O) groups excluding carboxylic acids is 1. The minimum Gasteiger partial charge on any atom is -0.472 e. The lowest BCUT2D eigenvalue weighted by molar-refractivity contribution is 0.0923. The van der Waals surface area contributed by atoms with Crippen molar-refractivity contribution in [1.29, 1.82) is 0 Å². The molecule has 0 unspecified atom stereocenters. The standard InChI is InChI=1S/C24H32N2O2.H2/c1-23(2,3)9-12-26-13-10-24(11-14-26)16-21(19-6-4-5-7-20(19)24)25-22(27)18-8-15-28-17-18;/h4-8,15,17,21H,9-14,16H2,1-3H3,(H,25,27);1H/t21-;/m0./s1. The summed E-state index contributed by atoms with van der Waals surface area (Å²) in [6.45, 7) is 10.4. The van der Waals surface area contributed by atoms with E-state index in [1.165, 1.54) is 43.2 Å². The molecule has 0 saturated carbocycles. The maximum atomic E-state index is 12.6. The van der Waals surface area contributed by atoms with E-state index in [4.69, 9.17) is 4.42 Å². The highest BCUT2D eigenvalue weighted by Gasteiger charge is 2.45. The molecule has 1 saturated heterocycles. The number of furan rings is 1. The Morgan fingerprint density at radius 2 is 2.00 bits per heavy atom. The Balaban J connectivity index is 0.00000240. The van der Waals surface area contributed by atoms with Gasteiger partial charge in [0.25, 0.3) is 5.91 Å². The summed E-state index contributed by atoms with van der Waals surface area (Å²) in [6.07, 6.45) is 7.65. The van der Waals surface area contributed by atoms with Gasteiger partial charge in [0.1, 0.15) is 6.26 Å². The molecule has 28 heavy (non-hydrogen) atoms. The van der Waals surface area contributed by atoms with Gasteiger partial charge in [-0.25, -0.2) is 0 Å². The molecule has 2 aromatic rings. The fourth-order valence-electron chi connectivity index (χ4n) is 4.83. The summed E-state index contributed by atoms with van der Waals surface area (Å²) >= 11 is 0. The highest BCUT2D eigenvalue weighted by molar-refractivity contribution is 5.94. The molecule has 1 aliphatic carbocycles. The molecule has 2 aliphatic rings. The van der Waals surface area contributed by atoms with Gasteiger partial charge >= 0.3 is 0 Å². The summed E-state index contributed by atoms with van der Waals surface area (Å²) < 4.78 is 5.07. The molecule has 1 aromatic heterocycles. The maximum absolute atomic E-state index is 12.6. The van der Waals surface area contributed by atoms with Crippen LogP contribution in [0.15, 0.2) is 47.3 Å². The number of nitrogens with one attached hydrogen (secondary N) is 1. The number of amides is 1. The van der Waals surface area contributed by atoms with Crippen molar-refractivity contribution in [2.75, 3.05) is 19.6 Å². The monoisotopic (exact) mass is 382 g/mol. The van der Waals surface area contributed by atoms with E-state index in [0.717, 1.165) is 19.5 Å². The molecular formula is C24H34N2O2. The van der Waals surface area contributed by atoms with Crippen LogP contribution in [0.1, 0.15) is 75.4 Å². The van der Waals surface area contributed by atoms with Gasteiger partial charge in [-0.05, 0) is 67.9 Å². The van der Waals surface area contributed by atoms with Gasteiger partial charge in [0, 0.05) is 6.84 Å². The molecule has 152 valence electrons. The van der Waals surface area contributed by atoms with Crippen molar-refractivity contribution in [1.82, 2.24) is 10.2 Å². The summed E-state index contributed by atoms with van der Waals surface area (Å²) in [4.78, 5) is 15.2. The van der Waals surface area contributed by atoms with E-state index in [1.807, 2.05) is 0 Å². The maximum Gasteiger partial charge on any atom is 0.255 e. The lowest BCUT2D eigenvalue weighted by Crippen LogP contribution is -2.43. The molecule has 4 rings (SSSR count). The van der Waals surface area contributed by atoms with Crippen LogP contribution in [0.25, 0.3) is 0 Å². The topological polar surface area (TPSA) is 45.5 Å². The summed E-state index contributed by atoms with van der Waals surface area (Å²) in [7, 11) is 0. The molecule has 1 amide bonds. The Morgan fingerprint density at radius 3 is 2.68 bits per heavy atom. The van der Waals surface area contributed by atoms with Crippen LogP contribution < -0.4 is 5.32 Å². The smallest absolute Gasteiger partial charge is 0.255 e. The van der Waals surface area contributed by atoms with Crippen molar-refractivity contribution >= 4 is 5.91 Å². The number of likely N-dealkylation sites (tertiary alicyclic amines) is 1. The highest BCUT2D eigenvalue weighted by Crippen LogP contribution is 2.50. The summed E-state index contributed by atoms with van der Waals surface area (Å²) in [5.41, 5.74) is 3.92. The number of carbonyl (C=O) groups is 1. The zero-order valence-electron chi connectivity index (χ0n) is 17.3. The molecule has 1 spiro atoms. The summed E-state index contributed by atoms with van der Waals surface area (Å²) in [5, 5.41) is 3.25. The van der Waals surface area contributed by atoms with Gasteiger partial charge in [0.05, 0.1) is 17.9 Å². The van der Waals surface area contributed by atoms with Crippen molar-refractivity contribution < 1.29 is 10.6 Å². The predicted octanol–water partition coefficient (Wildman–Crippen LogP) is 5.17. The number of benzene rings is 1. The van der Waals surface area contributed by atoms with Crippen LogP contribution in [-0.2, 0) is 5.41 Å². The van der Waals surface area contributed by atoms with Gasteiger partial charge < -0.3 is 14.6 Å². The Morgan fingerprint density at radius 1 is 1.25 bits per heavy atom. The van der Waals surface area contributed by atoms with Gasteiger partial charge in [0.15, 0.2) is 0 Å². The molecule has 4 heteroatoms. The number of hydrogen-bond acceptors (Lipinski definition) is 3. The molecule has 1 atom stereocenters. The van der Waals surface area contributed by atoms with E-state index in [0.29, 0.717) is 11.0 Å². The zero-order valence-corrected chi connectivity index (χ0v) is 17.3. The van der Waals surface area contributed by atoms with Crippen molar-refractivity contribution in [3.63, 3.8) is 0 Å². The van der Waals surface area contributed by atoms with E-state index >= 15 is 0 Å². The summed E-state index contributed by atoms with van der Waals surface area (Å²) in [5.74, 6) is -0.0479. The second kappa shape index (κ2) is 7.40. The van der Waals surface area contributed by atoms with Crippen molar-refractivity contribution in [2.45, 2.75) is 57.9 Å². The molecule has 4 nitrogen and oxygen atoms in total. The second-order valence-corrected chi connectivity index (χ2v) is 9.76. The predicted molar refractivity (Wildman–Crippen MR) is 114 cm³/mol.